The van der Waals surface area contributed by atoms with Crippen LogP contribution in [0.25, 0.3) is 11.3 Å². The number of nitrogens with zero attached hydrogens (tertiary/aromatic N) is 1. The first-order valence-corrected chi connectivity index (χ1v) is 7.56. The van der Waals surface area contributed by atoms with Crippen molar-refractivity contribution >= 4 is 6.29 Å². The molecule has 23 heavy (non-hydrogen) atoms. The first kappa shape index (κ1) is 15.0. The molecule has 0 saturated carbocycles. The van der Waals surface area contributed by atoms with Crippen LogP contribution in [0.2, 0.25) is 0 Å². The summed E-state index contributed by atoms with van der Waals surface area (Å²) >= 11 is 0. The number of rotatable bonds is 6. The van der Waals surface area contributed by atoms with E-state index in [1.807, 2.05) is 83.6 Å². The number of ether oxygens (including phenoxy) is 1. The van der Waals surface area contributed by atoms with Gasteiger partial charge in [0, 0.05) is 17.7 Å². The van der Waals surface area contributed by atoms with Gasteiger partial charge in [0.05, 0.1) is 0 Å². The molecule has 0 atom stereocenters. The highest BCUT2D eigenvalue weighted by atomic mass is 16.5. The van der Waals surface area contributed by atoms with Crippen LogP contribution in [0.15, 0.2) is 79.0 Å². The van der Waals surface area contributed by atoms with Crippen LogP contribution in [0.5, 0.6) is 5.75 Å². The second-order valence-corrected chi connectivity index (χ2v) is 5.20. The van der Waals surface area contributed by atoms with Gasteiger partial charge in [-0.3, -0.25) is 4.79 Å². The summed E-state index contributed by atoms with van der Waals surface area (Å²) in [4.78, 5) is 10.8. The molecular formula is C20H18NO2+. The number of aldehydes is 1. The first-order chi connectivity index (χ1) is 11.4. The van der Waals surface area contributed by atoms with Crippen LogP contribution in [0.3, 0.4) is 0 Å². The zero-order chi connectivity index (χ0) is 15.9. The molecule has 0 amide bonds. The Morgan fingerprint density at radius 1 is 0.870 bits per heavy atom. The van der Waals surface area contributed by atoms with Gasteiger partial charge in [-0.2, -0.15) is 4.57 Å². The highest BCUT2D eigenvalue weighted by molar-refractivity contribution is 5.57. The summed E-state index contributed by atoms with van der Waals surface area (Å²) in [5.74, 6) is 0.829. The molecule has 0 N–H and O–H groups in total. The van der Waals surface area contributed by atoms with Crippen molar-refractivity contribution in [2.75, 3.05) is 0 Å². The summed E-state index contributed by atoms with van der Waals surface area (Å²) in [7, 11) is 0. The molecule has 2 aromatic carbocycles. The van der Waals surface area contributed by atoms with Crippen molar-refractivity contribution in [1.29, 1.82) is 0 Å². The maximum absolute atomic E-state index is 10.8. The molecule has 3 heteroatoms. The van der Waals surface area contributed by atoms with Gasteiger partial charge in [0.2, 0.25) is 12.2 Å². The first-order valence-electron chi connectivity index (χ1n) is 7.56. The topological polar surface area (TPSA) is 30.2 Å². The molecule has 0 aliphatic carbocycles. The predicted octanol–water partition coefficient (Wildman–Crippen LogP) is 3.42. The van der Waals surface area contributed by atoms with E-state index >= 15 is 0 Å². The van der Waals surface area contributed by atoms with Gasteiger partial charge in [0.1, 0.15) is 12.4 Å². The molecule has 0 radical (unpaired) electrons. The van der Waals surface area contributed by atoms with Crippen molar-refractivity contribution < 1.29 is 14.1 Å². The van der Waals surface area contributed by atoms with Crippen molar-refractivity contribution in [2.24, 2.45) is 0 Å². The number of carbonyl (C=O) groups excluding carboxylic acids is 1. The number of aromatic nitrogens is 1. The van der Waals surface area contributed by atoms with Crippen molar-refractivity contribution in [3.8, 4) is 17.0 Å². The second kappa shape index (κ2) is 7.36. The van der Waals surface area contributed by atoms with Gasteiger partial charge in [0.25, 0.3) is 0 Å². The minimum atomic E-state index is 0.350. The van der Waals surface area contributed by atoms with Gasteiger partial charge in [-0.1, -0.05) is 30.3 Å². The van der Waals surface area contributed by atoms with E-state index in [0.29, 0.717) is 13.2 Å². The minimum Gasteiger partial charge on any atom is -0.489 e. The standard InChI is InChI=1S/C20H18NO2/c22-15-14-21-13-5-4-8-20(21)18-9-11-19(12-10-18)23-16-17-6-2-1-3-7-17/h1-13,15H,14,16H2/q+1. The van der Waals surface area contributed by atoms with Gasteiger partial charge in [-0.15, -0.1) is 0 Å². The molecule has 1 aromatic heterocycles. The quantitative estimate of drug-likeness (QED) is 0.516. The fourth-order valence-electron chi connectivity index (χ4n) is 2.44. The Hall–Kier alpha value is -2.94. The van der Waals surface area contributed by atoms with E-state index in [1.165, 1.54) is 0 Å². The lowest BCUT2D eigenvalue weighted by Crippen LogP contribution is -2.36. The van der Waals surface area contributed by atoms with Crippen molar-refractivity contribution in [1.82, 2.24) is 0 Å². The Kier molecular flexibility index (Phi) is 4.79. The summed E-state index contributed by atoms with van der Waals surface area (Å²) in [5, 5.41) is 0. The van der Waals surface area contributed by atoms with Crippen LogP contribution in [-0.2, 0) is 17.9 Å². The Morgan fingerprint density at radius 3 is 2.35 bits per heavy atom. The Balaban J connectivity index is 1.73. The van der Waals surface area contributed by atoms with E-state index in [2.05, 4.69) is 0 Å². The smallest absolute Gasteiger partial charge is 0.212 e. The fourth-order valence-corrected chi connectivity index (χ4v) is 2.44. The van der Waals surface area contributed by atoms with E-state index in [9.17, 15) is 4.79 Å². The van der Waals surface area contributed by atoms with Crippen LogP contribution >= 0.6 is 0 Å². The minimum absolute atomic E-state index is 0.350. The Morgan fingerprint density at radius 2 is 1.61 bits per heavy atom. The summed E-state index contributed by atoms with van der Waals surface area (Å²) < 4.78 is 7.72. The third-order valence-corrected chi connectivity index (χ3v) is 3.61. The van der Waals surface area contributed by atoms with E-state index in [4.69, 9.17) is 4.74 Å². The zero-order valence-corrected chi connectivity index (χ0v) is 12.8. The Labute approximate surface area is 135 Å². The third-order valence-electron chi connectivity index (χ3n) is 3.61. The number of benzene rings is 2. The van der Waals surface area contributed by atoms with Gasteiger partial charge in [0.15, 0.2) is 12.5 Å². The van der Waals surface area contributed by atoms with Crippen LogP contribution in [0.4, 0.5) is 0 Å². The van der Waals surface area contributed by atoms with Crippen molar-refractivity contribution in [3.05, 3.63) is 84.6 Å². The summed E-state index contributed by atoms with van der Waals surface area (Å²) in [5.41, 5.74) is 3.21. The summed E-state index contributed by atoms with van der Waals surface area (Å²) in [6.45, 7) is 0.902. The molecule has 0 saturated heterocycles. The Bertz CT molecular complexity index is 767. The molecule has 0 unspecified atom stereocenters. The lowest BCUT2D eigenvalue weighted by Gasteiger charge is -2.07. The summed E-state index contributed by atoms with van der Waals surface area (Å²) in [6.07, 6.45) is 2.81. The van der Waals surface area contributed by atoms with Gasteiger partial charge >= 0.3 is 0 Å². The molecule has 3 aromatic rings. The van der Waals surface area contributed by atoms with E-state index in [-0.39, 0.29) is 0 Å². The maximum atomic E-state index is 10.8. The monoisotopic (exact) mass is 304 g/mol. The molecule has 0 fully saturated rings. The van der Waals surface area contributed by atoms with Crippen molar-refractivity contribution in [2.45, 2.75) is 13.2 Å². The molecule has 0 aliphatic heterocycles. The van der Waals surface area contributed by atoms with Crippen molar-refractivity contribution in [3.63, 3.8) is 0 Å². The van der Waals surface area contributed by atoms with E-state index in [1.54, 1.807) is 0 Å². The number of pyridine rings is 1. The molecule has 1 heterocycles. The van der Waals surface area contributed by atoms with Crippen LogP contribution < -0.4 is 9.30 Å². The maximum Gasteiger partial charge on any atom is 0.212 e. The zero-order valence-electron chi connectivity index (χ0n) is 12.8. The number of hydrogen-bond donors (Lipinski definition) is 0. The average Bonchev–Trinajstić information content (AvgIpc) is 2.62. The number of hydrogen-bond acceptors (Lipinski definition) is 2. The molecule has 0 bridgehead atoms. The van der Waals surface area contributed by atoms with Crippen LogP contribution in [0, 0.1) is 0 Å². The van der Waals surface area contributed by atoms with Crippen LogP contribution in [0.1, 0.15) is 5.56 Å². The van der Waals surface area contributed by atoms with Gasteiger partial charge < -0.3 is 4.74 Å². The van der Waals surface area contributed by atoms with Gasteiger partial charge in [-0.25, -0.2) is 0 Å². The SMILES string of the molecule is O=CC[n+]1ccccc1-c1ccc(OCc2ccccc2)cc1. The number of carbonyl (C=O) groups is 1. The largest absolute Gasteiger partial charge is 0.489 e. The third kappa shape index (κ3) is 3.83. The van der Waals surface area contributed by atoms with E-state index in [0.717, 1.165) is 28.9 Å². The normalized spacial score (nSPS) is 10.3. The molecule has 0 spiro atoms. The average molecular weight is 304 g/mol. The molecular weight excluding hydrogens is 286 g/mol. The molecule has 0 aliphatic rings. The highest BCUT2D eigenvalue weighted by Gasteiger charge is 2.11. The molecule has 3 nitrogen and oxygen atoms in total. The molecule has 3 rings (SSSR count). The molecule has 114 valence electrons. The van der Waals surface area contributed by atoms with Crippen LogP contribution in [-0.4, -0.2) is 6.29 Å². The van der Waals surface area contributed by atoms with Gasteiger partial charge in [-0.05, 0) is 35.9 Å². The lowest BCUT2D eigenvalue weighted by molar-refractivity contribution is -0.672. The van der Waals surface area contributed by atoms with E-state index < -0.39 is 0 Å². The predicted molar refractivity (Wildman–Crippen MR) is 88.9 cm³/mol. The lowest BCUT2D eigenvalue weighted by atomic mass is 10.1. The second-order valence-electron chi connectivity index (χ2n) is 5.20. The highest BCUT2D eigenvalue weighted by Crippen LogP contribution is 2.20. The fraction of sp³-hybridized carbons (Fsp3) is 0.100. The summed E-state index contributed by atoms with van der Waals surface area (Å²) in [6, 6.07) is 23.9.